The summed E-state index contributed by atoms with van der Waals surface area (Å²) in [4.78, 5) is 10.7. The van der Waals surface area contributed by atoms with Crippen LogP contribution in [0.15, 0.2) is 22.8 Å². The first-order valence-electron chi connectivity index (χ1n) is 4.14. The molecule has 1 unspecified atom stereocenters. The van der Waals surface area contributed by atoms with Gasteiger partial charge in [-0.15, -0.1) is 0 Å². The van der Waals surface area contributed by atoms with E-state index in [-0.39, 0.29) is 0 Å². The van der Waals surface area contributed by atoms with Gasteiger partial charge in [0, 0.05) is 13.0 Å². The molecule has 0 saturated carbocycles. The first-order chi connectivity index (χ1) is 6.24. The molecule has 2 N–H and O–H groups in total. The molecule has 13 heavy (non-hydrogen) atoms. The fourth-order valence-electron chi connectivity index (χ4n) is 1.16. The van der Waals surface area contributed by atoms with E-state index in [2.05, 4.69) is 5.32 Å². The second-order valence-electron chi connectivity index (χ2n) is 2.88. The zero-order valence-electron chi connectivity index (χ0n) is 7.49. The highest BCUT2D eigenvalue weighted by Crippen LogP contribution is 2.08. The summed E-state index contributed by atoms with van der Waals surface area (Å²) >= 11 is 0. The molecule has 1 aromatic heterocycles. The Morgan fingerprint density at radius 3 is 3.00 bits per heavy atom. The van der Waals surface area contributed by atoms with E-state index in [4.69, 9.17) is 9.52 Å². The summed E-state index contributed by atoms with van der Waals surface area (Å²) in [6, 6.07) is 3.54. The van der Waals surface area contributed by atoms with Gasteiger partial charge in [0.2, 0.25) is 0 Å². The number of hydrogen-bond acceptors (Lipinski definition) is 3. The minimum Gasteiger partial charge on any atom is -0.481 e. The number of rotatable bonds is 5. The Morgan fingerprint density at radius 1 is 1.77 bits per heavy atom. The third-order valence-corrected chi connectivity index (χ3v) is 1.83. The summed E-state index contributed by atoms with van der Waals surface area (Å²) in [7, 11) is 1.73. The van der Waals surface area contributed by atoms with Crippen LogP contribution in [-0.4, -0.2) is 24.7 Å². The zero-order chi connectivity index (χ0) is 9.68. The van der Waals surface area contributed by atoms with Crippen LogP contribution in [0.1, 0.15) is 5.76 Å². The number of furan rings is 1. The van der Waals surface area contributed by atoms with E-state index in [1.165, 1.54) is 0 Å². The smallest absolute Gasteiger partial charge is 0.308 e. The minimum atomic E-state index is -0.800. The largest absolute Gasteiger partial charge is 0.481 e. The highest BCUT2D eigenvalue weighted by Gasteiger charge is 2.17. The molecule has 0 saturated heterocycles. The molecule has 4 heteroatoms. The van der Waals surface area contributed by atoms with Crippen molar-refractivity contribution in [1.82, 2.24) is 5.32 Å². The van der Waals surface area contributed by atoms with Crippen LogP contribution in [0.2, 0.25) is 0 Å². The molecule has 0 aliphatic carbocycles. The monoisotopic (exact) mass is 183 g/mol. The first kappa shape index (κ1) is 9.80. The Morgan fingerprint density at radius 2 is 2.54 bits per heavy atom. The van der Waals surface area contributed by atoms with Gasteiger partial charge >= 0.3 is 5.97 Å². The van der Waals surface area contributed by atoms with Gasteiger partial charge in [-0.05, 0) is 19.2 Å². The van der Waals surface area contributed by atoms with Crippen LogP contribution >= 0.6 is 0 Å². The number of carboxylic acids is 1. The molecule has 0 aliphatic heterocycles. The fourth-order valence-corrected chi connectivity index (χ4v) is 1.16. The maximum absolute atomic E-state index is 10.7. The van der Waals surface area contributed by atoms with Gasteiger partial charge in [-0.25, -0.2) is 0 Å². The van der Waals surface area contributed by atoms with Crippen LogP contribution < -0.4 is 5.32 Å². The van der Waals surface area contributed by atoms with Gasteiger partial charge in [-0.1, -0.05) is 0 Å². The quantitative estimate of drug-likeness (QED) is 0.706. The number of nitrogens with one attached hydrogen (secondary N) is 1. The first-order valence-corrected chi connectivity index (χ1v) is 4.14. The summed E-state index contributed by atoms with van der Waals surface area (Å²) in [6.07, 6.45) is 1.98. The van der Waals surface area contributed by atoms with E-state index < -0.39 is 11.9 Å². The van der Waals surface area contributed by atoms with Crippen LogP contribution in [0.25, 0.3) is 0 Å². The number of hydrogen-bond donors (Lipinski definition) is 2. The lowest BCUT2D eigenvalue weighted by molar-refractivity contribution is -0.141. The lowest BCUT2D eigenvalue weighted by Crippen LogP contribution is -2.27. The summed E-state index contributed by atoms with van der Waals surface area (Å²) in [5.74, 6) is -0.510. The van der Waals surface area contributed by atoms with Crippen molar-refractivity contribution in [3.05, 3.63) is 24.2 Å². The van der Waals surface area contributed by atoms with Crippen LogP contribution in [0.5, 0.6) is 0 Å². The van der Waals surface area contributed by atoms with Crippen molar-refractivity contribution in [3.8, 4) is 0 Å². The number of carbonyl (C=O) groups is 1. The molecule has 0 amide bonds. The Labute approximate surface area is 76.6 Å². The standard InChI is InChI=1S/C9H13NO3/c1-10-6-7(9(11)12)5-8-3-2-4-13-8/h2-4,7,10H,5-6H2,1H3,(H,11,12). The Bertz CT molecular complexity index is 256. The summed E-state index contributed by atoms with van der Waals surface area (Å²) in [5.41, 5.74) is 0. The molecule has 0 aromatic carbocycles. The van der Waals surface area contributed by atoms with Crippen molar-refractivity contribution in [2.24, 2.45) is 5.92 Å². The molecule has 1 aromatic rings. The molecular weight excluding hydrogens is 170 g/mol. The summed E-state index contributed by atoms with van der Waals surface area (Å²) < 4.78 is 5.07. The van der Waals surface area contributed by atoms with Gasteiger partial charge in [0.05, 0.1) is 12.2 Å². The van der Waals surface area contributed by atoms with Gasteiger partial charge < -0.3 is 14.8 Å². The van der Waals surface area contributed by atoms with Gasteiger partial charge in [0.1, 0.15) is 5.76 Å². The fraction of sp³-hybridized carbons (Fsp3) is 0.444. The van der Waals surface area contributed by atoms with E-state index in [0.29, 0.717) is 18.7 Å². The topological polar surface area (TPSA) is 62.5 Å². The third-order valence-electron chi connectivity index (χ3n) is 1.83. The highest BCUT2D eigenvalue weighted by atomic mass is 16.4. The summed E-state index contributed by atoms with van der Waals surface area (Å²) in [5, 5.41) is 11.7. The molecule has 0 fully saturated rings. The van der Waals surface area contributed by atoms with E-state index in [1.807, 2.05) is 0 Å². The predicted molar refractivity (Wildman–Crippen MR) is 47.5 cm³/mol. The second-order valence-corrected chi connectivity index (χ2v) is 2.88. The lowest BCUT2D eigenvalue weighted by Gasteiger charge is -2.08. The van der Waals surface area contributed by atoms with Crippen LogP contribution in [0.3, 0.4) is 0 Å². The van der Waals surface area contributed by atoms with E-state index in [1.54, 1.807) is 25.4 Å². The highest BCUT2D eigenvalue weighted by molar-refractivity contribution is 5.70. The number of carboxylic acid groups (broad SMARTS) is 1. The molecule has 0 spiro atoms. The van der Waals surface area contributed by atoms with Crippen molar-refractivity contribution in [1.29, 1.82) is 0 Å². The summed E-state index contributed by atoms with van der Waals surface area (Å²) in [6.45, 7) is 0.454. The van der Waals surface area contributed by atoms with Crippen LogP contribution in [0.4, 0.5) is 0 Å². The molecule has 4 nitrogen and oxygen atoms in total. The van der Waals surface area contributed by atoms with E-state index in [9.17, 15) is 4.79 Å². The van der Waals surface area contributed by atoms with Gasteiger partial charge in [0.25, 0.3) is 0 Å². The van der Waals surface area contributed by atoms with Gasteiger partial charge in [-0.2, -0.15) is 0 Å². The lowest BCUT2D eigenvalue weighted by atomic mass is 10.0. The van der Waals surface area contributed by atoms with Gasteiger partial charge in [0.15, 0.2) is 0 Å². The average Bonchev–Trinajstić information content (AvgIpc) is 2.56. The Hall–Kier alpha value is -1.29. The van der Waals surface area contributed by atoms with Gasteiger partial charge in [-0.3, -0.25) is 4.79 Å². The number of aliphatic carboxylic acids is 1. The maximum atomic E-state index is 10.7. The molecule has 1 rings (SSSR count). The van der Waals surface area contributed by atoms with E-state index >= 15 is 0 Å². The average molecular weight is 183 g/mol. The van der Waals surface area contributed by atoms with Crippen LogP contribution in [-0.2, 0) is 11.2 Å². The molecule has 0 aliphatic rings. The van der Waals surface area contributed by atoms with Crippen molar-refractivity contribution in [2.75, 3.05) is 13.6 Å². The molecular formula is C9H13NO3. The Kier molecular flexibility index (Phi) is 3.52. The third kappa shape index (κ3) is 2.91. The van der Waals surface area contributed by atoms with Crippen molar-refractivity contribution in [2.45, 2.75) is 6.42 Å². The zero-order valence-corrected chi connectivity index (χ0v) is 7.49. The van der Waals surface area contributed by atoms with Crippen molar-refractivity contribution < 1.29 is 14.3 Å². The van der Waals surface area contributed by atoms with Crippen molar-refractivity contribution in [3.63, 3.8) is 0 Å². The van der Waals surface area contributed by atoms with Crippen LogP contribution in [0, 0.1) is 5.92 Å². The molecule has 1 atom stereocenters. The minimum absolute atomic E-state index is 0.420. The Balaban J connectivity index is 2.52. The molecule has 0 bridgehead atoms. The maximum Gasteiger partial charge on any atom is 0.308 e. The SMILES string of the molecule is CNCC(Cc1ccco1)C(=O)O. The van der Waals surface area contributed by atoms with Crippen molar-refractivity contribution >= 4 is 5.97 Å². The molecule has 1 heterocycles. The second kappa shape index (κ2) is 4.67. The normalized spacial score (nSPS) is 12.7. The van der Waals surface area contributed by atoms with E-state index in [0.717, 1.165) is 0 Å². The molecule has 72 valence electrons. The predicted octanol–water partition coefficient (Wildman–Crippen LogP) is 0.742. The molecule has 0 radical (unpaired) electrons.